The molecule has 0 amide bonds. The van der Waals surface area contributed by atoms with E-state index < -0.39 is 5.97 Å². The molecule has 0 unspecified atom stereocenters. The quantitative estimate of drug-likeness (QED) is 0.733. The van der Waals surface area contributed by atoms with Gasteiger partial charge in [0.05, 0.1) is 10.6 Å². The van der Waals surface area contributed by atoms with E-state index in [1.165, 1.54) is 11.8 Å². The number of nitrogens with one attached hydrogen (secondary N) is 1. The smallest absolute Gasteiger partial charge is 0.337 e. The Morgan fingerprint density at radius 1 is 1.24 bits per heavy atom. The summed E-state index contributed by atoms with van der Waals surface area (Å²) in [5.41, 5.74) is 4.06. The molecule has 21 heavy (non-hydrogen) atoms. The number of hydrogen-bond donors (Lipinski definition) is 2. The molecule has 4 heteroatoms. The van der Waals surface area contributed by atoms with Crippen LogP contribution in [0.15, 0.2) is 42.6 Å². The summed E-state index contributed by atoms with van der Waals surface area (Å²) in [6.07, 6.45) is 2.47. The van der Waals surface area contributed by atoms with Crippen molar-refractivity contribution in [1.82, 2.24) is 4.98 Å². The van der Waals surface area contributed by atoms with Crippen molar-refractivity contribution < 1.29 is 9.90 Å². The molecule has 0 fully saturated rings. The third kappa shape index (κ3) is 2.41. The molecule has 2 N–H and O–H groups in total. The van der Waals surface area contributed by atoms with Gasteiger partial charge in [-0.05, 0) is 29.7 Å². The molecule has 0 radical (unpaired) electrons. The zero-order valence-corrected chi connectivity index (χ0v) is 12.2. The minimum atomic E-state index is -0.948. The fraction of sp³-hybridized carbons (Fsp3) is 0.118. The Morgan fingerprint density at radius 3 is 2.57 bits per heavy atom. The zero-order chi connectivity index (χ0) is 15.0. The van der Waals surface area contributed by atoms with E-state index in [1.807, 2.05) is 18.2 Å². The van der Waals surface area contributed by atoms with Gasteiger partial charge < -0.3 is 10.1 Å². The lowest BCUT2D eigenvalue weighted by Gasteiger charge is -2.07. The number of carboxylic acid groups (broad SMARTS) is 1. The van der Waals surface area contributed by atoms with E-state index in [0.717, 1.165) is 23.1 Å². The maximum Gasteiger partial charge on any atom is 0.337 e. The summed E-state index contributed by atoms with van der Waals surface area (Å²) in [6, 6.07) is 11.7. The molecule has 106 valence electrons. The van der Waals surface area contributed by atoms with Gasteiger partial charge in [-0.1, -0.05) is 42.8 Å². The van der Waals surface area contributed by atoms with Crippen LogP contribution in [0.4, 0.5) is 0 Å². The van der Waals surface area contributed by atoms with Crippen LogP contribution >= 0.6 is 11.6 Å². The second-order valence-corrected chi connectivity index (χ2v) is 5.34. The van der Waals surface area contributed by atoms with Crippen molar-refractivity contribution in [2.24, 2.45) is 0 Å². The standard InChI is InChI=1S/C17H14ClNO2/c1-2-10-3-5-11(6-4-10)12-7-13-14(17(20)21)9-19-16(13)8-15(12)18/h3-9,19H,2H2,1H3,(H,20,21). The molecule has 3 rings (SSSR count). The molecule has 1 heterocycles. The summed E-state index contributed by atoms with van der Waals surface area (Å²) in [6.45, 7) is 2.10. The molecule has 0 bridgehead atoms. The van der Waals surface area contributed by atoms with Crippen LogP contribution in [0.2, 0.25) is 5.02 Å². The first kappa shape index (κ1) is 13.7. The summed E-state index contributed by atoms with van der Waals surface area (Å²) in [7, 11) is 0. The molecule has 0 aliphatic heterocycles. The van der Waals surface area contributed by atoms with E-state index in [4.69, 9.17) is 11.6 Å². The van der Waals surface area contributed by atoms with Crippen LogP contribution in [-0.4, -0.2) is 16.1 Å². The monoisotopic (exact) mass is 299 g/mol. The molecule has 0 saturated heterocycles. The average Bonchev–Trinajstić information content (AvgIpc) is 2.89. The lowest BCUT2D eigenvalue weighted by molar-refractivity contribution is 0.0699. The van der Waals surface area contributed by atoms with Crippen LogP contribution in [0.1, 0.15) is 22.8 Å². The predicted octanol–water partition coefficient (Wildman–Crippen LogP) is 4.75. The van der Waals surface area contributed by atoms with Gasteiger partial charge in [-0.25, -0.2) is 4.79 Å². The van der Waals surface area contributed by atoms with Gasteiger partial charge in [0.2, 0.25) is 0 Å². The molecule has 0 saturated carbocycles. The molecule has 0 aliphatic rings. The average molecular weight is 300 g/mol. The van der Waals surface area contributed by atoms with Crippen LogP contribution < -0.4 is 0 Å². The first-order valence-electron chi connectivity index (χ1n) is 6.73. The number of carbonyl (C=O) groups is 1. The number of aromatic amines is 1. The number of aryl methyl sites for hydroxylation is 1. The SMILES string of the molecule is CCc1ccc(-c2cc3c(C(=O)O)c[nH]c3cc2Cl)cc1. The summed E-state index contributed by atoms with van der Waals surface area (Å²) in [4.78, 5) is 14.2. The minimum Gasteiger partial charge on any atom is -0.478 e. The topological polar surface area (TPSA) is 53.1 Å². The summed E-state index contributed by atoms with van der Waals surface area (Å²) < 4.78 is 0. The number of benzene rings is 2. The predicted molar refractivity (Wildman–Crippen MR) is 85.1 cm³/mol. The highest BCUT2D eigenvalue weighted by atomic mass is 35.5. The lowest BCUT2D eigenvalue weighted by atomic mass is 10.0. The number of hydrogen-bond acceptors (Lipinski definition) is 1. The lowest BCUT2D eigenvalue weighted by Crippen LogP contribution is -1.93. The molecular weight excluding hydrogens is 286 g/mol. The second-order valence-electron chi connectivity index (χ2n) is 4.94. The van der Waals surface area contributed by atoms with E-state index in [9.17, 15) is 9.90 Å². The summed E-state index contributed by atoms with van der Waals surface area (Å²) in [5.74, 6) is -0.948. The van der Waals surface area contributed by atoms with Crippen molar-refractivity contribution in [2.75, 3.05) is 0 Å². The van der Waals surface area contributed by atoms with Gasteiger partial charge in [0.15, 0.2) is 0 Å². The third-order valence-corrected chi connectivity index (χ3v) is 3.99. The fourth-order valence-electron chi connectivity index (χ4n) is 2.46. The minimum absolute atomic E-state index is 0.257. The van der Waals surface area contributed by atoms with Crippen LogP contribution in [0, 0.1) is 0 Å². The highest BCUT2D eigenvalue weighted by Crippen LogP contribution is 2.33. The number of carboxylic acids is 1. The van der Waals surface area contributed by atoms with Crippen molar-refractivity contribution in [3.05, 3.63) is 58.7 Å². The number of rotatable bonds is 3. The van der Waals surface area contributed by atoms with E-state index in [2.05, 4.69) is 24.0 Å². The van der Waals surface area contributed by atoms with E-state index in [1.54, 1.807) is 6.07 Å². The Morgan fingerprint density at radius 2 is 1.95 bits per heavy atom. The van der Waals surface area contributed by atoms with E-state index in [-0.39, 0.29) is 5.56 Å². The molecule has 0 aliphatic carbocycles. The van der Waals surface area contributed by atoms with Gasteiger partial charge in [0.25, 0.3) is 0 Å². The Kier molecular flexibility index (Phi) is 3.43. The fourth-order valence-corrected chi connectivity index (χ4v) is 2.73. The maximum absolute atomic E-state index is 11.2. The van der Waals surface area contributed by atoms with Crippen molar-refractivity contribution in [3.63, 3.8) is 0 Å². The Bertz CT molecular complexity index is 819. The van der Waals surface area contributed by atoms with Crippen LogP contribution in [0.3, 0.4) is 0 Å². The zero-order valence-electron chi connectivity index (χ0n) is 11.5. The highest BCUT2D eigenvalue weighted by molar-refractivity contribution is 6.34. The van der Waals surface area contributed by atoms with Gasteiger partial charge in [0.1, 0.15) is 0 Å². The van der Waals surface area contributed by atoms with Gasteiger partial charge in [-0.2, -0.15) is 0 Å². The number of aromatic carboxylic acids is 1. The number of halogens is 1. The third-order valence-electron chi connectivity index (χ3n) is 3.67. The first-order chi connectivity index (χ1) is 10.1. The van der Waals surface area contributed by atoms with Crippen molar-refractivity contribution in [3.8, 4) is 11.1 Å². The normalized spacial score (nSPS) is 11.0. The number of aromatic nitrogens is 1. The molecule has 2 aromatic carbocycles. The molecule has 0 atom stereocenters. The summed E-state index contributed by atoms with van der Waals surface area (Å²) >= 11 is 6.33. The Balaban J connectivity index is 2.18. The van der Waals surface area contributed by atoms with Gasteiger partial charge in [-0.15, -0.1) is 0 Å². The first-order valence-corrected chi connectivity index (χ1v) is 7.11. The number of H-pyrrole nitrogens is 1. The molecule has 1 aromatic heterocycles. The van der Waals surface area contributed by atoms with E-state index in [0.29, 0.717) is 10.4 Å². The molecule has 3 aromatic rings. The second kappa shape index (κ2) is 5.26. The van der Waals surface area contributed by atoms with Crippen molar-refractivity contribution >= 4 is 28.5 Å². The van der Waals surface area contributed by atoms with Gasteiger partial charge in [-0.3, -0.25) is 0 Å². The Labute approximate surface area is 127 Å². The van der Waals surface area contributed by atoms with Crippen LogP contribution in [0.5, 0.6) is 0 Å². The number of fused-ring (bicyclic) bond motifs is 1. The highest BCUT2D eigenvalue weighted by Gasteiger charge is 2.14. The van der Waals surface area contributed by atoms with Crippen LogP contribution in [0.25, 0.3) is 22.0 Å². The van der Waals surface area contributed by atoms with Gasteiger partial charge >= 0.3 is 5.97 Å². The molecular formula is C17H14ClNO2. The largest absolute Gasteiger partial charge is 0.478 e. The molecule has 3 nitrogen and oxygen atoms in total. The Hall–Kier alpha value is -2.26. The van der Waals surface area contributed by atoms with Gasteiger partial charge in [0, 0.05) is 22.7 Å². The van der Waals surface area contributed by atoms with Crippen LogP contribution in [-0.2, 0) is 6.42 Å². The summed E-state index contributed by atoms with van der Waals surface area (Å²) in [5, 5.41) is 10.5. The molecule has 0 spiro atoms. The van der Waals surface area contributed by atoms with E-state index >= 15 is 0 Å². The van der Waals surface area contributed by atoms with Crippen molar-refractivity contribution in [1.29, 1.82) is 0 Å². The van der Waals surface area contributed by atoms with Crippen molar-refractivity contribution in [2.45, 2.75) is 13.3 Å². The maximum atomic E-state index is 11.2.